The fourth-order valence-electron chi connectivity index (χ4n) is 2.22. The Morgan fingerprint density at radius 3 is 2.26 bits per heavy atom. The normalized spacial score (nSPS) is 14.1. The number of benzene rings is 2. The summed E-state index contributed by atoms with van der Waals surface area (Å²) in [7, 11) is 0. The van der Waals surface area contributed by atoms with Crippen molar-refractivity contribution < 1.29 is 4.79 Å². The van der Waals surface area contributed by atoms with Crippen molar-refractivity contribution in [2.75, 3.05) is 16.8 Å². The molecule has 0 radical (unpaired) electrons. The van der Waals surface area contributed by atoms with Crippen LogP contribution in [0.15, 0.2) is 60.7 Å². The molecule has 2 aromatic carbocycles. The predicted molar refractivity (Wildman–Crippen MR) is 99.0 cm³/mol. The SMILES string of the molecule is O=C1CN(NC(=S)Nc2ccccc2)C(=S)N1c1ccccc1. The highest BCUT2D eigenvalue weighted by Gasteiger charge is 2.34. The van der Waals surface area contributed by atoms with Crippen LogP contribution in [0, 0.1) is 0 Å². The number of nitrogens with one attached hydrogen (secondary N) is 2. The fourth-order valence-corrected chi connectivity index (χ4v) is 2.77. The van der Waals surface area contributed by atoms with E-state index in [4.69, 9.17) is 24.4 Å². The molecule has 7 heteroatoms. The maximum absolute atomic E-state index is 12.2. The van der Waals surface area contributed by atoms with Crippen molar-refractivity contribution in [3.63, 3.8) is 0 Å². The van der Waals surface area contributed by atoms with Gasteiger partial charge in [-0.25, -0.2) is 0 Å². The minimum absolute atomic E-state index is 0.101. The van der Waals surface area contributed by atoms with Gasteiger partial charge < -0.3 is 5.32 Å². The Bertz CT molecular complexity index is 736. The quantitative estimate of drug-likeness (QED) is 0.836. The minimum atomic E-state index is -0.101. The second kappa shape index (κ2) is 6.72. The summed E-state index contributed by atoms with van der Waals surface area (Å²) in [5.41, 5.74) is 4.56. The van der Waals surface area contributed by atoms with E-state index in [1.807, 2.05) is 60.7 Å². The summed E-state index contributed by atoms with van der Waals surface area (Å²) in [6.45, 7) is 0.129. The van der Waals surface area contributed by atoms with Crippen LogP contribution in [0.4, 0.5) is 11.4 Å². The molecular formula is C16H14N4OS2. The average molecular weight is 342 g/mol. The molecule has 1 fully saturated rings. The molecule has 0 unspecified atom stereocenters. The Labute approximate surface area is 144 Å². The zero-order chi connectivity index (χ0) is 16.2. The minimum Gasteiger partial charge on any atom is -0.331 e. The molecule has 5 nitrogen and oxygen atoms in total. The lowest BCUT2D eigenvalue weighted by Crippen LogP contribution is -2.46. The molecule has 2 N–H and O–H groups in total. The highest BCUT2D eigenvalue weighted by atomic mass is 32.1. The Morgan fingerprint density at radius 2 is 1.61 bits per heavy atom. The molecule has 1 heterocycles. The van der Waals surface area contributed by atoms with Gasteiger partial charge in [0, 0.05) is 5.69 Å². The highest BCUT2D eigenvalue weighted by Crippen LogP contribution is 2.20. The molecule has 116 valence electrons. The molecule has 1 aliphatic heterocycles. The maximum atomic E-state index is 12.2. The van der Waals surface area contributed by atoms with E-state index >= 15 is 0 Å². The number of amides is 1. The van der Waals surface area contributed by atoms with Gasteiger partial charge in [-0.15, -0.1) is 0 Å². The van der Waals surface area contributed by atoms with Crippen molar-refractivity contribution >= 4 is 51.9 Å². The Hall–Kier alpha value is -2.51. The topological polar surface area (TPSA) is 47.6 Å². The van der Waals surface area contributed by atoms with Gasteiger partial charge in [0.2, 0.25) is 5.11 Å². The number of anilines is 2. The summed E-state index contributed by atoms with van der Waals surface area (Å²) in [4.78, 5) is 13.7. The molecule has 0 aliphatic carbocycles. The van der Waals surface area contributed by atoms with E-state index in [1.54, 1.807) is 5.01 Å². The molecule has 23 heavy (non-hydrogen) atoms. The third-order valence-electron chi connectivity index (χ3n) is 3.25. The van der Waals surface area contributed by atoms with Gasteiger partial charge in [0.05, 0.1) is 5.69 Å². The van der Waals surface area contributed by atoms with Gasteiger partial charge in [-0.1, -0.05) is 36.4 Å². The van der Waals surface area contributed by atoms with E-state index in [-0.39, 0.29) is 12.5 Å². The van der Waals surface area contributed by atoms with Crippen molar-refractivity contribution in [1.29, 1.82) is 0 Å². The average Bonchev–Trinajstić information content (AvgIpc) is 2.83. The molecule has 0 aromatic heterocycles. The van der Waals surface area contributed by atoms with E-state index in [1.165, 1.54) is 4.90 Å². The van der Waals surface area contributed by atoms with Crippen LogP contribution in [-0.2, 0) is 4.79 Å². The van der Waals surface area contributed by atoms with Crippen LogP contribution in [0.5, 0.6) is 0 Å². The summed E-state index contributed by atoms with van der Waals surface area (Å²) in [5.74, 6) is -0.101. The van der Waals surface area contributed by atoms with Gasteiger partial charge in [0.1, 0.15) is 6.54 Å². The zero-order valence-corrected chi connectivity index (χ0v) is 13.7. The molecule has 0 spiro atoms. The number of carbonyl (C=O) groups is 1. The van der Waals surface area contributed by atoms with Crippen molar-refractivity contribution in [2.45, 2.75) is 0 Å². The van der Waals surface area contributed by atoms with Gasteiger partial charge in [-0.05, 0) is 48.7 Å². The largest absolute Gasteiger partial charge is 0.331 e. The highest BCUT2D eigenvalue weighted by molar-refractivity contribution is 7.81. The molecular weight excluding hydrogens is 328 g/mol. The maximum Gasteiger partial charge on any atom is 0.255 e. The molecule has 0 bridgehead atoms. The van der Waals surface area contributed by atoms with E-state index in [2.05, 4.69) is 10.7 Å². The van der Waals surface area contributed by atoms with Crippen LogP contribution in [0.25, 0.3) is 0 Å². The molecule has 0 atom stereocenters. The van der Waals surface area contributed by atoms with E-state index in [0.717, 1.165) is 11.4 Å². The van der Waals surface area contributed by atoms with Crippen LogP contribution in [0.2, 0.25) is 0 Å². The van der Waals surface area contributed by atoms with Gasteiger partial charge >= 0.3 is 0 Å². The van der Waals surface area contributed by atoms with Crippen LogP contribution >= 0.6 is 24.4 Å². The molecule has 1 aliphatic rings. The van der Waals surface area contributed by atoms with E-state index < -0.39 is 0 Å². The van der Waals surface area contributed by atoms with Crippen molar-refractivity contribution in [3.05, 3.63) is 60.7 Å². The molecule has 2 aromatic rings. The van der Waals surface area contributed by atoms with Crippen LogP contribution in [0.3, 0.4) is 0 Å². The second-order valence-electron chi connectivity index (χ2n) is 4.87. The van der Waals surface area contributed by atoms with Crippen molar-refractivity contribution in [2.24, 2.45) is 0 Å². The van der Waals surface area contributed by atoms with Crippen molar-refractivity contribution in [1.82, 2.24) is 10.4 Å². The van der Waals surface area contributed by atoms with E-state index in [0.29, 0.717) is 10.2 Å². The van der Waals surface area contributed by atoms with Crippen LogP contribution < -0.4 is 15.6 Å². The predicted octanol–water partition coefficient (Wildman–Crippen LogP) is 2.52. The summed E-state index contributed by atoms with van der Waals surface area (Å²) in [5, 5.41) is 5.36. The van der Waals surface area contributed by atoms with Gasteiger partial charge in [-0.2, -0.15) is 0 Å². The summed E-state index contributed by atoms with van der Waals surface area (Å²) < 4.78 is 0. The molecule has 0 saturated carbocycles. The first kappa shape index (κ1) is 15.4. The van der Waals surface area contributed by atoms with E-state index in [9.17, 15) is 4.79 Å². The molecule has 1 saturated heterocycles. The second-order valence-corrected chi connectivity index (χ2v) is 5.64. The third-order valence-corrected chi connectivity index (χ3v) is 3.84. The monoisotopic (exact) mass is 342 g/mol. The Kier molecular flexibility index (Phi) is 4.50. The number of hydrazine groups is 1. The lowest BCUT2D eigenvalue weighted by Gasteiger charge is -2.22. The van der Waals surface area contributed by atoms with Crippen LogP contribution in [0.1, 0.15) is 0 Å². The zero-order valence-electron chi connectivity index (χ0n) is 12.1. The summed E-state index contributed by atoms with van der Waals surface area (Å²) >= 11 is 10.7. The number of rotatable bonds is 3. The molecule has 3 rings (SSSR count). The standard InChI is InChI=1S/C16H14N4OS2/c21-14-11-19(16(23)20(14)13-9-5-2-6-10-13)18-15(22)17-12-7-3-1-4-8-12/h1-10H,11H2,(H2,17,18,22). The summed E-state index contributed by atoms with van der Waals surface area (Å²) in [6.07, 6.45) is 0. The first-order chi connectivity index (χ1) is 11.1. The number of carbonyl (C=O) groups excluding carboxylic acids is 1. The number of nitrogens with zero attached hydrogens (tertiary/aromatic N) is 2. The number of para-hydroxylation sites is 2. The smallest absolute Gasteiger partial charge is 0.255 e. The Morgan fingerprint density at radius 1 is 1.00 bits per heavy atom. The number of hydrogen-bond donors (Lipinski definition) is 2. The fraction of sp³-hybridized carbons (Fsp3) is 0.0625. The number of thiocarbonyl (C=S) groups is 2. The lowest BCUT2D eigenvalue weighted by atomic mass is 10.3. The first-order valence-corrected chi connectivity index (χ1v) is 7.79. The van der Waals surface area contributed by atoms with Crippen molar-refractivity contribution in [3.8, 4) is 0 Å². The Balaban J connectivity index is 1.67. The van der Waals surface area contributed by atoms with Gasteiger partial charge in [0.25, 0.3) is 5.91 Å². The van der Waals surface area contributed by atoms with Gasteiger partial charge in [0.15, 0.2) is 5.11 Å². The summed E-state index contributed by atoms with van der Waals surface area (Å²) in [6, 6.07) is 18.8. The van der Waals surface area contributed by atoms with Gasteiger partial charge in [-0.3, -0.25) is 20.1 Å². The first-order valence-electron chi connectivity index (χ1n) is 6.97. The molecule has 1 amide bonds. The third kappa shape index (κ3) is 3.46. The lowest BCUT2D eigenvalue weighted by molar-refractivity contribution is -0.116. The number of hydrogen-bond acceptors (Lipinski definition) is 3. The van der Waals surface area contributed by atoms with Crippen LogP contribution in [-0.4, -0.2) is 27.7 Å².